The van der Waals surface area contributed by atoms with Crippen LogP contribution in [-0.2, 0) is 11.2 Å². The molecule has 0 aliphatic heterocycles. The Balaban J connectivity index is 1.44. The smallest absolute Gasteiger partial charge is 0.321 e. The van der Waals surface area contributed by atoms with Crippen LogP contribution in [0.2, 0.25) is 0 Å². The molecular weight excluding hydrogens is 336 g/mol. The molecule has 3 amide bonds. The standard InChI is InChI=1S/C18H28N4O2S/c1-12-6-2-5-9-15(12)21-16(23)10-14-11-25-18(20-14)22-17(24)19-13-7-3-4-8-13/h11-13,15H,2-10H2,1H3,(H,21,23)(H2,19,20,22,24). The van der Waals surface area contributed by atoms with Crippen molar-refractivity contribution in [2.24, 2.45) is 5.92 Å². The lowest BCUT2D eigenvalue weighted by Gasteiger charge is -2.29. The molecule has 2 aliphatic rings. The van der Waals surface area contributed by atoms with E-state index in [0.29, 0.717) is 16.7 Å². The summed E-state index contributed by atoms with van der Waals surface area (Å²) < 4.78 is 0. The van der Waals surface area contributed by atoms with E-state index in [4.69, 9.17) is 0 Å². The fraction of sp³-hybridized carbons (Fsp3) is 0.722. The maximum Gasteiger partial charge on any atom is 0.321 e. The molecule has 7 heteroatoms. The third-order valence-corrected chi connectivity index (χ3v) is 6.07. The molecule has 3 N–H and O–H groups in total. The molecule has 0 aromatic carbocycles. The van der Waals surface area contributed by atoms with Crippen molar-refractivity contribution >= 4 is 28.4 Å². The Morgan fingerprint density at radius 1 is 1.12 bits per heavy atom. The number of hydrogen-bond donors (Lipinski definition) is 3. The number of rotatable bonds is 5. The normalized spacial score (nSPS) is 24.0. The first-order valence-electron chi connectivity index (χ1n) is 9.41. The Hall–Kier alpha value is -1.63. The summed E-state index contributed by atoms with van der Waals surface area (Å²) in [6.07, 6.45) is 9.44. The molecular formula is C18H28N4O2S. The molecule has 138 valence electrons. The highest BCUT2D eigenvalue weighted by molar-refractivity contribution is 7.13. The summed E-state index contributed by atoms with van der Waals surface area (Å²) in [6.45, 7) is 2.21. The van der Waals surface area contributed by atoms with Crippen LogP contribution >= 0.6 is 11.3 Å². The van der Waals surface area contributed by atoms with Crippen LogP contribution < -0.4 is 16.0 Å². The molecule has 2 atom stereocenters. The van der Waals surface area contributed by atoms with E-state index in [2.05, 4.69) is 27.9 Å². The first kappa shape index (κ1) is 18.2. The van der Waals surface area contributed by atoms with Gasteiger partial charge in [0.05, 0.1) is 12.1 Å². The van der Waals surface area contributed by atoms with Gasteiger partial charge >= 0.3 is 6.03 Å². The van der Waals surface area contributed by atoms with Gasteiger partial charge in [0.25, 0.3) is 0 Å². The lowest BCUT2D eigenvalue weighted by molar-refractivity contribution is -0.121. The van der Waals surface area contributed by atoms with Crippen LogP contribution in [0.15, 0.2) is 5.38 Å². The molecule has 0 spiro atoms. The van der Waals surface area contributed by atoms with Crippen molar-refractivity contribution in [3.63, 3.8) is 0 Å². The van der Waals surface area contributed by atoms with Crippen LogP contribution in [-0.4, -0.2) is 29.0 Å². The Labute approximate surface area is 153 Å². The molecule has 1 aromatic rings. The van der Waals surface area contributed by atoms with Gasteiger partial charge in [-0.15, -0.1) is 11.3 Å². The number of carbonyl (C=O) groups excluding carboxylic acids is 2. The quantitative estimate of drug-likeness (QED) is 0.748. The van der Waals surface area contributed by atoms with Crippen molar-refractivity contribution in [3.8, 4) is 0 Å². The van der Waals surface area contributed by atoms with Crippen LogP contribution in [0.3, 0.4) is 0 Å². The van der Waals surface area contributed by atoms with Gasteiger partial charge < -0.3 is 10.6 Å². The summed E-state index contributed by atoms with van der Waals surface area (Å²) in [6, 6.07) is 0.366. The second kappa shape index (κ2) is 8.65. The number of thiazole rings is 1. The average molecular weight is 365 g/mol. The van der Waals surface area contributed by atoms with E-state index in [1.165, 1.54) is 43.4 Å². The van der Waals surface area contributed by atoms with E-state index in [9.17, 15) is 9.59 Å². The van der Waals surface area contributed by atoms with Crippen LogP contribution in [0.1, 0.15) is 64.0 Å². The summed E-state index contributed by atoms with van der Waals surface area (Å²) in [4.78, 5) is 28.6. The van der Waals surface area contributed by atoms with E-state index in [1.54, 1.807) is 0 Å². The van der Waals surface area contributed by atoms with E-state index in [-0.39, 0.29) is 30.4 Å². The number of amides is 3. The highest BCUT2D eigenvalue weighted by Crippen LogP contribution is 2.24. The minimum Gasteiger partial charge on any atom is -0.353 e. The van der Waals surface area contributed by atoms with E-state index in [1.807, 2.05) is 5.38 Å². The van der Waals surface area contributed by atoms with Crippen molar-refractivity contribution in [3.05, 3.63) is 11.1 Å². The minimum absolute atomic E-state index is 0.0195. The number of carbonyl (C=O) groups is 2. The summed E-state index contributed by atoms with van der Waals surface area (Å²) in [7, 11) is 0. The third-order valence-electron chi connectivity index (χ3n) is 5.26. The lowest BCUT2D eigenvalue weighted by Crippen LogP contribution is -2.41. The first-order valence-corrected chi connectivity index (χ1v) is 10.3. The maximum absolute atomic E-state index is 12.2. The Bertz CT molecular complexity index is 598. The molecule has 1 aromatic heterocycles. The molecule has 2 saturated carbocycles. The maximum atomic E-state index is 12.2. The fourth-order valence-corrected chi connectivity index (χ4v) is 4.49. The van der Waals surface area contributed by atoms with Crippen molar-refractivity contribution < 1.29 is 9.59 Å². The minimum atomic E-state index is -0.201. The van der Waals surface area contributed by atoms with Gasteiger partial charge in [-0.1, -0.05) is 32.6 Å². The average Bonchev–Trinajstić information content (AvgIpc) is 3.22. The molecule has 6 nitrogen and oxygen atoms in total. The second-order valence-corrected chi connectivity index (χ2v) is 8.19. The largest absolute Gasteiger partial charge is 0.353 e. The SMILES string of the molecule is CC1CCCCC1NC(=O)Cc1csc(NC(=O)NC2CCCC2)n1. The monoisotopic (exact) mass is 364 g/mol. The zero-order valence-corrected chi connectivity index (χ0v) is 15.7. The zero-order chi connectivity index (χ0) is 17.6. The number of nitrogens with one attached hydrogen (secondary N) is 3. The highest BCUT2D eigenvalue weighted by atomic mass is 32.1. The van der Waals surface area contributed by atoms with Gasteiger partial charge in [0.2, 0.25) is 5.91 Å². The van der Waals surface area contributed by atoms with Gasteiger partial charge in [-0.05, 0) is 31.6 Å². The zero-order valence-electron chi connectivity index (χ0n) is 14.8. The molecule has 2 aliphatic carbocycles. The molecule has 0 saturated heterocycles. The van der Waals surface area contributed by atoms with Crippen molar-refractivity contribution in [2.45, 2.75) is 76.8 Å². The topological polar surface area (TPSA) is 83.1 Å². The van der Waals surface area contributed by atoms with Crippen molar-refractivity contribution in [1.29, 1.82) is 0 Å². The van der Waals surface area contributed by atoms with Gasteiger partial charge in [0.1, 0.15) is 0 Å². The van der Waals surface area contributed by atoms with Crippen molar-refractivity contribution in [2.75, 3.05) is 5.32 Å². The van der Waals surface area contributed by atoms with Crippen LogP contribution in [0.4, 0.5) is 9.93 Å². The Morgan fingerprint density at radius 2 is 1.84 bits per heavy atom. The van der Waals surface area contributed by atoms with Gasteiger partial charge in [0.15, 0.2) is 5.13 Å². The van der Waals surface area contributed by atoms with Crippen molar-refractivity contribution in [1.82, 2.24) is 15.6 Å². The molecule has 0 radical (unpaired) electrons. The molecule has 0 bridgehead atoms. The third kappa shape index (κ3) is 5.42. The van der Waals surface area contributed by atoms with Gasteiger partial charge in [-0.3, -0.25) is 10.1 Å². The predicted octanol–water partition coefficient (Wildman–Crippen LogP) is 3.44. The summed E-state index contributed by atoms with van der Waals surface area (Å²) in [5, 5.41) is 11.3. The van der Waals surface area contributed by atoms with Crippen LogP contribution in [0.25, 0.3) is 0 Å². The predicted molar refractivity (Wildman–Crippen MR) is 99.8 cm³/mol. The van der Waals surface area contributed by atoms with Crippen LogP contribution in [0, 0.1) is 5.92 Å². The summed E-state index contributed by atoms with van der Waals surface area (Å²) >= 11 is 1.36. The highest BCUT2D eigenvalue weighted by Gasteiger charge is 2.23. The number of aromatic nitrogens is 1. The van der Waals surface area contributed by atoms with E-state index in [0.717, 1.165) is 19.3 Å². The first-order chi connectivity index (χ1) is 12.1. The van der Waals surface area contributed by atoms with Gasteiger partial charge in [-0.2, -0.15) is 0 Å². The Morgan fingerprint density at radius 3 is 2.60 bits per heavy atom. The fourth-order valence-electron chi connectivity index (χ4n) is 3.79. The Kier molecular flexibility index (Phi) is 6.29. The lowest BCUT2D eigenvalue weighted by atomic mass is 9.86. The van der Waals surface area contributed by atoms with E-state index < -0.39 is 0 Å². The number of urea groups is 1. The molecule has 1 heterocycles. The number of anilines is 1. The molecule has 2 fully saturated rings. The second-order valence-electron chi connectivity index (χ2n) is 7.34. The number of nitrogens with zero attached hydrogens (tertiary/aromatic N) is 1. The summed E-state index contributed by atoms with van der Waals surface area (Å²) in [5.41, 5.74) is 0.710. The van der Waals surface area contributed by atoms with Crippen LogP contribution in [0.5, 0.6) is 0 Å². The molecule has 25 heavy (non-hydrogen) atoms. The molecule has 3 rings (SSSR count). The van der Waals surface area contributed by atoms with Gasteiger partial charge in [0, 0.05) is 17.5 Å². The van der Waals surface area contributed by atoms with E-state index >= 15 is 0 Å². The number of hydrogen-bond acceptors (Lipinski definition) is 4. The summed E-state index contributed by atoms with van der Waals surface area (Å²) in [5.74, 6) is 0.565. The molecule has 2 unspecified atom stereocenters. The van der Waals surface area contributed by atoms with Gasteiger partial charge in [-0.25, -0.2) is 9.78 Å².